The topological polar surface area (TPSA) is 109 Å². The van der Waals surface area contributed by atoms with Crippen molar-refractivity contribution >= 4 is 18.1 Å². The van der Waals surface area contributed by atoms with E-state index >= 15 is 0 Å². The van der Waals surface area contributed by atoms with E-state index in [9.17, 15) is 14.4 Å². The first-order valence-corrected chi connectivity index (χ1v) is 13.0. The molecule has 2 aromatic rings. The lowest BCUT2D eigenvalue weighted by Gasteiger charge is -2.24. The highest BCUT2D eigenvalue weighted by Gasteiger charge is 2.39. The molecule has 2 aromatic carbocycles. The first-order chi connectivity index (χ1) is 18.2. The van der Waals surface area contributed by atoms with Crippen LogP contribution in [-0.2, 0) is 16.0 Å². The van der Waals surface area contributed by atoms with Gasteiger partial charge in [-0.2, -0.15) is 5.26 Å². The van der Waals surface area contributed by atoms with E-state index in [4.69, 9.17) is 19.5 Å². The van der Waals surface area contributed by atoms with E-state index in [-0.39, 0.29) is 24.5 Å². The van der Waals surface area contributed by atoms with Gasteiger partial charge < -0.3 is 19.1 Å². The van der Waals surface area contributed by atoms with Gasteiger partial charge in [0.15, 0.2) is 0 Å². The minimum Gasteiger partial charge on any atom is -0.493 e. The average molecular weight is 534 g/mol. The van der Waals surface area contributed by atoms with Gasteiger partial charge in [-0.15, -0.1) is 0 Å². The molecule has 0 aliphatic carbocycles. The normalized spacial score (nSPS) is 18.9. The van der Waals surface area contributed by atoms with Crippen molar-refractivity contribution in [2.45, 2.75) is 65.2 Å². The van der Waals surface area contributed by atoms with Crippen molar-refractivity contribution < 1.29 is 28.6 Å². The molecule has 2 atom stereocenters. The Hall–Kier alpha value is -4.06. The molecule has 2 heterocycles. The first kappa shape index (κ1) is 28.0. The van der Waals surface area contributed by atoms with Gasteiger partial charge in [0.2, 0.25) is 0 Å². The zero-order chi connectivity index (χ0) is 28.5. The number of carbonyl (C=O) groups excluding carboxylic acids is 3. The summed E-state index contributed by atoms with van der Waals surface area (Å²) in [5, 5.41) is 9.17. The molecule has 9 nitrogen and oxygen atoms in total. The number of likely N-dealkylation sites (tertiary alicyclic amines) is 1. The minimum atomic E-state index is -0.708. The number of rotatable bonds is 4. The SMILES string of the molecule is CC(C)(C)OC(=O)N1CC(COc2ccc3c(c2)C(=O)N(C(=O)OC(C)(C)C)C3)C(c2ccc(C#N)cc2)C1. The summed E-state index contributed by atoms with van der Waals surface area (Å²) in [6, 6.07) is 14.7. The molecule has 3 amide bonds. The highest BCUT2D eigenvalue weighted by molar-refractivity contribution is 6.06. The van der Waals surface area contributed by atoms with Crippen LogP contribution in [0.25, 0.3) is 0 Å². The molecule has 2 aliphatic rings. The molecule has 0 bridgehead atoms. The monoisotopic (exact) mass is 533 g/mol. The van der Waals surface area contributed by atoms with E-state index in [1.54, 1.807) is 56.0 Å². The number of benzene rings is 2. The quantitative estimate of drug-likeness (QED) is 0.512. The molecular weight excluding hydrogens is 498 g/mol. The van der Waals surface area contributed by atoms with Crippen LogP contribution in [0.4, 0.5) is 9.59 Å². The second-order valence-electron chi connectivity index (χ2n) is 12.0. The number of carbonyl (C=O) groups is 3. The summed E-state index contributed by atoms with van der Waals surface area (Å²) >= 11 is 0. The van der Waals surface area contributed by atoms with Crippen LogP contribution in [0.1, 0.15) is 74.5 Å². The maximum atomic E-state index is 12.9. The third kappa shape index (κ3) is 6.69. The Morgan fingerprint density at radius 1 is 0.949 bits per heavy atom. The summed E-state index contributed by atoms with van der Waals surface area (Å²) in [6.45, 7) is 12.1. The third-order valence-corrected chi connectivity index (χ3v) is 6.52. The molecule has 0 spiro atoms. The van der Waals surface area contributed by atoms with E-state index in [0.717, 1.165) is 16.0 Å². The van der Waals surface area contributed by atoms with Crippen LogP contribution in [-0.4, -0.2) is 58.8 Å². The van der Waals surface area contributed by atoms with E-state index in [1.165, 1.54) is 0 Å². The molecule has 1 fully saturated rings. The van der Waals surface area contributed by atoms with Crippen LogP contribution in [0.2, 0.25) is 0 Å². The molecular formula is C30H35N3O6. The lowest BCUT2D eigenvalue weighted by Crippen LogP contribution is -2.36. The van der Waals surface area contributed by atoms with Crippen LogP contribution in [0.3, 0.4) is 0 Å². The van der Waals surface area contributed by atoms with Gasteiger partial charge >= 0.3 is 12.2 Å². The second kappa shape index (κ2) is 10.6. The molecule has 0 radical (unpaired) electrons. The Balaban J connectivity index is 1.48. The zero-order valence-corrected chi connectivity index (χ0v) is 23.3. The molecule has 9 heteroatoms. The molecule has 0 aromatic heterocycles. The lowest BCUT2D eigenvalue weighted by molar-refractivity contribution is 0.0243. The number of fused-ring (bicyclic) bond motifs is 1. The predicted molar refractivity (Wildman–Crippen MR) is 143 cm³/mol. The summed E-state index contributed by atoms with van der Waals surface area (Å²) in [4.78, 5) is 41.1. The van der Waals surface area contributed by atoms with Crippen LogP contribution in [0.5, 0.6) is 5.75 Å². The molecule has 39 heavy (non-hydrogen) atoms. The van der Waals surface area contributed by atoms with E-state index < -0.39 is 23.2 Å². The van der Waals surface area contributed by atoms with Crippen molar-refractivity contribution in [3.8, 4) is 11.8 Å². The molecule has 0 saturated carbocycles. The van der Waals surface area contributed by atoms with E-state index in [1.807, 2.05) is 32.9 Å². The van der Waals surface area contributed by atoms with Gasteiger partial charge in [-0.25, -0.2) is 14.5 Å². The Labute approximate surface area is 229 Å². The number of ether oxygens (including phenoxy) is 3. The highest BCUT2D eigenvalue weighted by Crippen LogP contribution is 2.35. The van der Waals surface area contributed by atoms with Gasteiger partial charge in [-0.1, -0.05) is 18.2 Å². The Morgan fingerprint density at radius 3 is 2.21 bits per heavy atom. The third-order valence-electron chi connectivity index (χ3n) is 6.52. The molecule has 206 valence electrons. The van der Waals surface area contributed by atoms with Crippen LogP contribution in [0.15, 0.2) is 42.5 Å². The molecule has 4 rings (SSSR count). The van der Waals surface area contributed by atoms with Crippen molar-refractivity contribution in [1.82, 2.24) is 9.80 Å². The summed E-state index contributed by atoms with van der Waals surface area (Å²) in [6.07, 6.45) is -1.06. The van der Waals surface area contributed by atoms with Gasteiger partial charge in [0.25, 0.3) is 5.91 Å². The predicted octanol–water partition coefficient (Wildman–Crippen LogP) is 5.48. The lowest BCUT2D eigenvalue weighted by atomic mass is 9.89. The maximum Gasteiger partial charge on any atom is 0.417 e. The Morgan fingerprint density at radius 2 is 1.59 bits per heavy atom. The van der Waals surface area contributed by atoms with Crippen molar-refractivity contribution in [1.29, 1.82) is 5.26 Å². The highest BCUT2D eigenvalue weighted by atomic mass is 16.6. The summed E-state index contributed by atoms with van der Waals surface area (Å²) < 4.78 is 17.1. The fourth-order valence-corrected chi connectivity index (χ4v) is 4.74. The smallest absolute Gasteiger partial charge is 0.417 e. The first-order valence-electron chi connectivity index (χ1n) is 13.0. The molecule has 2 unspecified atom stereocenters. The minimum absolute atomic E-state index is 0.0241. The Kier molecular flexibility index (Phi) is 7.60. The largest absolute Gasteiger partial charge is 0.493 e. The number of nitriles is 1. The maximum absolute atomic E-state index is 12.9. The van der Waals surface area contributed by atoms with Crippen LogP contribution < -0.4 is 4.74 Å². The molecule has 0 N–H and O–H groups in total. The summed E-state index contributed by atoms with van der Waals surface area (Å²) in [5.41, 5.74) is 1.39. The van der Waals surface area contributed by atoms with Crippen LogP contribution in [0, 0.1) is 17.2 Å². The fraction of sp³-hybridized carbons (Fsp3) is 0.467. The Bertz CT molecular complexity index is 1300. The van der Waals surface area contributed by atoms with Crippen molar-refractivity contribution in [2.75, 3.05) is 19.7 Å². The number of imide groups is 1. The van der Waals surface area contributed by atoms with Crippen molar-refractivity contribution in [3.05, 3.63) is 64.7 Å². The standard InChI is InChI=1S/C30H35N3O6/c1-29(2,3)38-27(35)32-15-22(25(17-32)20-9-7-19(14-31)8-10-20)18-37-23-12-11-21-16-33(26(34)24(21)13-23)28(36)39-30(4,5)6/h7-13,22,25H,15-18H2,1-6H3. The van der Waals surface area contributed by atoms with E-state index in [2.05, 4.69) is 6.07 Å². The van der Waals surface area contributed by atoms with Gasteiger partial charge in [-0.3, -0.25) is 4.79 Å². The fourth-order valence-electron chi connectivity index (χ4n) is 4.74. The summed E-state index contributed by atoms with van der Waals surface area (Å²) in [7, 11) is 0. The molecule has 1 saturated heterocycles. The number of hydrogen-bond donors (Lipinski definition) is 0. The van der Waals surface area contributed by atoms with Gasteiger partial charge in [-0.05, 0) is 76.9 Å². The average Bonchev–Trinajstić information content (AvgIpc) is 3.42. The van der Waals surface area contributed by atoms with Crippen LogP contribution >= 0.6 is 0 Å². The number of amides is 3. The number of nitrogens with zero attached hydrogens (tertiary/aromatic N) is 3. The zero-order valence-electron chi connectivity index (χ0n) is 23.3. The van der Waals surface area contributed by atoms with Gasteiger partial charge in [0.05, 0.1) is 24.8 Å². The van der Waals surface area contributed by atoms with Gasteiger partial charge in [0, 0.05) is 30.5 Å². The van der Waals surface area contributed by atoms with Crippen molar-refractivity contribution in [3.63, 3.8) is 0 Å². The van der Waals surface area contributed by atoms with E-state index in [0.29, 0.717) is 36.6 Å². The van der Waals surface area contributed by atoms with Crippen molar-refractivity contribution in [2.24, 2.45) is 5.92 Å². The molecule has 2 aliphatic heterocycles. The van der Waals surface area contributed by atoms with Gasteiger partial charge in [0.1, 0.15) is 17.0 Å². The second-order valence-corrected chi connectivity index (χ2v) is 12.0. The summed E-state index contributed by atoms with van der Waals surface area (Å²) in [5.74, 6) is 0.0104. The number of hydrogen-bond acceptors (Lipinski definition) is 7.